The fraction of sp³-hybridized carbons (Fsp3) is 0.875. The third kappa shape index (κ3) is 3.69. The van der Waals surface area contributed by atoms with E-state index in [1.807, 2.05) is 20.8 Å². The van der Waals surface area contributed by atoms with Crippen LogP contribution in [0.25, 0.3) is 0 Å². The fourth-order valence-corrected chi connectivity index (χ4v) is 0.647. The van der Waals surface area contributed by atoms with Gasteiger partial charge in [0.05, 0.1) is 6.04 Å². The number of hydrogen-bond acceptors (Lipinski definition) is 3. The van der Waals surface area contributed by atoms with Crippen LogP contribution >= 0.6 is 0 Å². The summed E-state index contributed by atoms with van der Waals surface area (Å²) < 4.78 is 4.69. The van der Waals surface area contributed by atoms with Crippen molar-refractivity contribution in [3.63, 3.8) is 0 Å². The van der Waals surface area contributed by atoms with E-state index in [9.17, 15) is 4.79 Å². The van der Waals surface area contributed by atoms with Crippen LogP contribution in [0.1, 0.15) is 20.8 Å². The van der Waals surface area contributed by atoms with Gasteiger partial charge in [0.15, 0.2) is 0 Å². The molecule has 0 aliphatic heterocycles. The van der Waals surface area contributed by atoms with Gasteiger partial charge >= 0.3 is 0 Å². The smallest absolute Gasteiger partial charge is 0.239 e. The van der Waals surface area contributed by atoms with Crippen LogP contribution in [0.5, 0.6) is 0 Å². The number of carbonyl (C=O) groups is 1. The largest absolute Gasteiger partial charge is 0.364 e. The molecule has 0 radical (unpaired) electrons. The molecule has 0 heterocycles. The summed E-state index contributed by atoms with van der Waals surface area (Å²) >= 11 is 0. The van der Waals surface area contributed by atoms with Gasteiger partial charge in [0.1, 0.15) is 6.73 Å². The Morgan fingerprint density at radius 2 is 2.08 bits per heavy atom. The minimum absolute atomic E-state index is 0.177. The van der Waals surface area contributed by atoms with Crippen LogP contribution in [0.2, 0.25) is 0 Å². The Kier molecular flexibility index (Phi) is 4.20. The molecule has 4 heteroatoms. The van der Waals surface area contributed by atoms with Crippen LogP contribution in [0, 0.1) is 5.41 Å². The van der Waals surface area contributed by atoms with E-state index in [0.717, 1.165) is 0 Å². The summed E-state index contributed by atoms with van der Waals surface area (Å²) in [6.45, 7) is 5.97. The van der Waals surface area contributed by atoms with Crippen molar-refractivity contribution in [3.8, 4) is 0 Å². The highest BCUT2D eigenvalue weighted by molar-refractivity contribution is 5.82. The first kappa shape index (κ1) is 11.4. The number of carbonyl (C=O) groups excluding carboxylic acids is 1. The first-order valence-corrected chi connectivity index (χ1v) is 3.92. The maximum absolute atomic E-state index is 11.2. The van der Waals surface area contributed by atoms with Crippen molar-refractivity contribution in [2.24, 2.45) is 11.1 Å². The van der Waals surface area contributed by atoms with Crippen LogP contribution in [-0.2, 0) is 9.53 Å². The first-order valence-electron chi connectivity index (χ1n) is 3.92. The Balaban J connectivity index is 3.94. The lowest BCUT2D eigenvalue weighted by Crippen LogP contribution is -2.48. The summed E-state index contributed by atoms with van der Waals surface area (Å²) in [4.78, 5) is 11.2. The van der Waals surface area contributed by atoms with Crippen LogP contribution in [-0.4, -0.2) is 25.8 Å². The second-order valence-electron chi connectivity index (χ2n) is 3.82. The molecule has 0 saturated heterocycles. The highest BCUT2D eigenvalue weighted by Gasteiger charge is 2.26. The molecule has 12 heavy (non-hydrogen) atoms. The van der Waals surface area contributed by atoms with Gasteiger partial charge in [-0.25, -0.2) is 0 Å². The van der Waals surface area contributed by atoms with Gasteiger partial charge in [0, 0.05) is 7.11 Å². The molecular formula is C8H18N2O2. The number of ether oxygens (including phenoxy) is 1. The number of rotatable bonds is 3. The van der Waals surface area contributed by atoms with Gasteiger partial charge in [-0.1, -0.05) is 20.8 Å². The number of amides is 1. The molecule has 3 N–H and O–H groups in total. The van der Waals surface area contributed by atoms with E-state index in [2.05, 4.69) is 10.1 Å². The summed E-state index contributed by atoms with van der Waals surface area (Å²) in [5.74, 6) is -0.177. The molecule has 1 unspecified atom stereocenters. The van der Waals surface area contributed by atoms with Gasteiger partial charge in [0.2, 0.25) is 5.91 Å². The molecule has 0 rings (SSSR count). The zero-order chi connectivity index (χ0) is 9.78. The van der Waals surface area contributed by atoms with Crippen LogP contribution in [0.15, 0.2) is 0 Å². The van der Waals surface area contributed by atoms with Gasteiger partial charge in [-0.3, -0.25) is 4.79 Å². The molecule has 0 aromatic rings. The molecule has 4 nitrogen and oxygen atoms in total. The predicted molar refractivity (Wildman–Crippen MR) is 47.4 cm³/mol. The third-order valence-electron chi connectivity index (χ3n) is 1.61. The Bertz CT molecular complexity index is 152. The quantitative estimate of drug-likeness (QED) is 0.595. The molecule has 0 fully saturated rings. The van der Waals surface area contributed by atoms with Crippen LogP contribution in [0.3, 0.4) is 0 Å². The fourth-order valence-electron chi connectivity index (χ4n) is 0.647. The summed E-state index contributed by atoms with van der Waals surface area (Å²) in [5, 5.41) is 2.55. The van der Waals surface area contributed by atoms with E-state index in [1.165, 1.54) is 7.11 Å². The molecule has 0 saturated carbocycles. The van der Waals surface area contributed by atoms with E-state index in [4.69, 9.17) is 5.73 Å². The Morgan fingerprint density at radius 1 is 1.58 bits per heavy atom. The minimum atomic E-state index is -0.493. The van der Waals surface area contributed by atoms with Crippen molar-refractivity contribution in [1.82, 2.24) is 5.32 Å². The first-order chi connectivity index (χ1) is 5.39. The number of methoxy groups -OCH3 is 1. The third-order valence-corrected chi connectivity index (χ3v) is 1.61. The zero-order valence-electron chi connectivity index (χ0n) is 8.18. The molecule has 1 amide bonds. The SMILES string of the molecule is COCNC(=O)C(N)C(C)(C)C. The van der Waals surface area contributed by atoms with Crippen molar-refractivity contribution in [2.75, 3.05) is 13.8 Å². The lowest BCUT2D eigenvalue weighted by atomic mass is 9.87. The van der Waals surface area contributed by atoms with Crippen molar-refractivity contribution in [2.45, 2.75) is 26.8 Å². The molecule has 0 aliphatic rings. The van der Waals surface area contributed by atoms with Crippen molar-refractivity contribution in [1.29, 1.82) is 0 Å². The van der Waals surface area contributed by atoms with Crippen molar-refractivity contribution in [3.05, 3.63) is 0 Å². The van der Waals surface area contributed by atoms with E-state index in [0.29, 0.717) is 0 Å². The number of nitrogens with two attached hydrogens (primary N) is 1. The van der Waals surface area contributed by atoms with E-state index in [1.54, 1.807) is 0 Å². The second kappa shape index (κ2) is 4.42. The average Bonchev–Trinajstić information content (AvgIpc) is 1.97. The van der Waals surface area contributed by atoms with Gasteiger partial charge in [-0.15, -0.1) is 0 Å². The summed E-state index contributed by atoms with van der Waals surface area (Å²) in [6.07, 6.45) is 0. The van der Waals surface area contributed by atoms with Gasteiger partial charge < -0.3 is 15.8 Å². The molecule has 0 aliphatic carbocycles. The average molecular weight is 174 g/mol. The zero-order valence-corrected chi connectivity index (χ0v) is 8.18. The molecular weight excluding hydrogens is 156 g/mol. The Hall–Kier alpha value is -0.610. The van der Waals surface area contributed by atoms with E-state index >= 15 is 0 Å². The maximum Gasteiger partial charge on any atom is 0.239 e. The minimum Gasteiger partial charge on any atom is -0.364 e. The lowest BCUT2D eigenvalue weighted by molar-refractivity contribution is -0.125. The molecule has 1 atom stereocenters. The van der Waals surface area contributed by atoms with Crippen LogP contribution < -0.4 is 11.1 Å². The highest BCUT2D eigenvalue weighted by atomic mass is 16.5. The highest BCUT2D eigenvalue weighted by Crippen LogP contribution is 2.16. The normalized spacial score (nSPS) is 14.1. The Labute approximate surface area is 73.5 Å². The monoisotopic (exact) mass is 174 g/mol. The van der Waals surface area contributed by atoms with Gasteiger partial charge in [-0.2, -0.15) is 0 Å². The summed E-state index contributed by atoms with van der Waals surface area (Å²) in [6, 6.07) is -0.493. The summed E-state index contributed by atoms with van der Waals surface area (Å²) in [5.41, 5.74) is 5.46. The molecule has 0 bridgehead atoms. The van der Waals surface area contributed by atoms with E-state index in [-0.39, 0.29) is 18.1 Å². The number of hydrogen-bond donors (Lipinski definition) is 2. The molecule has 72 valence electrons. The lowest BCUT2D eigenvalue weighted by Gasteiger charge is -2.25. The standard InChI is InChI=1S/C8H18N2O2/c1-8(2,3)6(9)7(11)10-5-12-4/h6H,5,9H2,1-4H3,(H,10,11). The van der Waals surface area contributed by atoms with Gasteiger partial charge in [0.25, 0.3) is 0 Å². The molecule has 0 aromatic heterocycles. The second-order valence-corrected chi connectivity index (χ2v) is 3.82. The van der Waals surface area contributed by atoms with Gasteiger partial charge in [-0.05, 0) is 5.41 Å². The predicted octanol–water partition coefficient (Wildman–Crippen LogP) is 0.0799. The summed E-state index contributed by atoms with van der Waals surface area (Å²) in [7, 11) is 1.52. The molecule has 0 aromatic carbocycles. The van der Waals surface area contributed by atoms with Crippen LogP contribution in [0.4, 0.5) is 0 Å². The topological polar surface area (TPSA) is 64.3 Å². The maximum atomic E-state index is 11.2. The van der Waals surface area contributed by atoms with E-state index < -0.39 is 6.04 Å². The Morgan fingerprint density at radius 3 is 2.42 bits per heavy atom. The van der Waals surface area contributed by atoms with Crippen molar-refractivity contribution >= 4 is 5.91 Å². The molecule has 0 spiro atoms. The van der Waals surface area contributed by atoms with Crippen molar-refractivity contribution < 1.29 is 9.53 Å². The number of nitrogens with one attached hydrogen (secondary N) is 1.